The minimum atomic E-state index is 0.0493. The molecule has 0 aliphatic heterocycles. The van der Waals surface area contributed by atoms with E-state index in [1.165, 1.54) is 0 Å². The molecule has 1 aromatic carbocycles. The van der Waals surface area contributed by atoms with Crippen LogP contribution in [0.25, 0.3) is 0 Å². The van der Waals surface area contributed by atoms with Crippen LogP contribution in [0, 0.1) is 0 Å². The van der Waals surface area contributed by atoms with Crippen LogP contribution < -0.4 is 4.74 Å². The van der Waals surface area contributed by atoms with Crippen molar-refractivity contribution in [2.45, 2.75) is 37.1 Å². The zero-order valence-corrected chi connectivity index (χ0v) is 12.7. The fourth-order valence-corrected chi connectivity index (χ4v) is 2.90. The van der Waals surface area contributed by atoms with Gasteiger partial charge in [-0.3, -0.25) is 0 Å². The molecule has 0 amide bonds. The Labute approximate surface area is 114 Å². The summed E-state index contributed by atoms with van der Waals surface area (Å²) < 4.78 is 5.56. The summed E-state index contributed by atoms with van der Waals surface area (Å²) in [4.78, 5) is 3.18. The van der Waals surface area contributed by atoms with Crippen LogP contribution in [0.15, 0.2) is 17.0 Å². The molecule has 0 radical (unpaired) electrons. The van der Waals surface area contributed by atoms with Crippen molar-refractivity contribution in [2.24, 2.45) is 0 Å². The topological polar surface area (TPSA) is 32.7 Å². The molecule has 1 aromatic rings. The second-order valence-corrected chi connectivity index (χ2v) is 6.40. The van der Waals surface area contributed by atoms with Gasteiger partial charge >= 0.3 is 0 Å². The van der Waals surface area contributed by atoms with Gasteiger partial charge in [0.15, 0.2) is 0 Å². The first-order valence-corrected chi connectivity index (χ1v) is 6.98. The van der Waals surface area contributed by atoms with Crippen LogP contribution >= 0.6 is 11.8 Å². The third-order valence-corrected chi connectivity index (χ3v) is 3.64. The smallest absolute Gasteiger partial charge is 0.137 e. The van der Waals surface area contributed by atoms with Gasteiger partial charge in [-0.1, -0.05) is 26.0 Å². The standard InChI is InChI=1S/C14H23NO2S/c1-10(2)18-14-12(9-16)7-6-11(8-15(3)4)13(14)17-5/h6-7,10,16H,8-9H2,1-5H3. The number of hydrogen-bond donors (Lipinski definition) is 1. The largest absolute Gasteiger partial charge is 0.495 e. The average molecular weight is 269 g/mol. The molecule has 0 aliphatic rings. The third-order valence-electron chi connectivity index (χ3n) is 2.49. The molecule has 0 atom stereocenters. The first-order valence-electron chi connectivity index (χ1n) is 6.10. The number of thioether (sulfide) groups is 1. The normalized spacial score (nSPS) is 11.3. The highest BCUT2D eigenvalue weighted by molar-refractivity contribution is 8.00. The molecule has 0 saturated carbocycles. The maximum atomic E-state index is 9.44. The van der Waals surface area contributed by atoms with E-state index in [4.69, 9.17) is 4.74 Å². The lowest BCUT2D eigenvalue weighted by Crippen LogP contribution is -2.12. The molecule has 0 spiro atoms. The van der Waals surface area contributed by atoms with E-state index in [1.807, 2.05) is 26.2 Å². The number of nitrogens with zero attached hydrogens (tertiary/aromatic N) is 1. The summed E-state index contributed by atoms with van der Waals surface area (Å²) in [6.45, 7) is 5.17. The van der Waals surface area contributed by atoms with E-state index in [0.717, 1.165) is 28.3 Å². The highest BCUT2D eigenvalue weighted by atomic mass is 32.2. The van der Waals surface area contributed by atoms with Gasteiger partial charge in [0.1, 0.15) is 5.75 Å². The highest BCUT2D eigenvalue weighted by Crippen LogP contribution is 2.38. The van der Waals surface area contributed by atoms with E-state index >= 15 is 0 Å². The summed E-state index contributed by atoms with van der Waals surface area (Å²) in [5.74, 6) is 0.897. The van der Waals surface area contributed by atoms with Gasteiger partial charge in [0.05, 0.1) is 18.6 Å². The molecule has 0 aliphatic carbocycles. The minimum absolute atomic E-state index is 0.0493. The van der Waals surface area contributed by atoms with Crippen molar-refractivity contribution in [1.29, 1.82) is 0 Å². The van der Waals surface area contributed by atoms with Crippen LogP contribution in [0.1, 0.15) is 25.0 Å². The summed E-state index contributed by atoms with van der Waals surface area (Å²) in [6, 6.07) is 4.03. The van der Waals surface area contributed by atoms with Crippen molar-refractivity contribution in [2.75, 3.05) is 21.2 Å². The Hall–Kier alpha value is -0.710. The summed E-state index contributed by atoms with van der Waals surface area (Å²) in [6.07, 6.45) is 0. The van der Waals surface area contributed by atoms with Crippen molar-refractivity contribution < 1.29 is 9.84 Å². The van der Waals surface area contributed by atoms with E-state index in [2.05, 4.69) is 18.7 Å². The number of benzene rings is 1. The fourth-order valence-electron chi connectivity index (χ4n) is 1.82. The van der Waals surface area contributed by atoms with Crippen molar-refractivity contribution in [3.8, 4) is 5.75 Å². The quantitative estimate of drug-likeness (QED) is 0.805. The molecule has 0 bridgehead atoms. The molecule has 0 unspecified atom stereocenters. The van der Waals surface area contributed by atoms with Gasteiger partial charge < -0.3 is 14.7 Å². The zero-order chi connectivity index (χ0) is 13.7. The lowest BCUT2D eigenvalue weighted by molar-refractivity contribution is 0.276. The van der Waals surface area contributed by atoms with E-state index in [1.54, 1.807) is 18.9 Å². The number of methoxy groups -OCH3 is 1. The van der Waals surface area contributed by atoms with Gasteiger partial charge in [-0.2, -0.15) is 0 Å². The number of aliphatic hydroxyl groups is 1. The van der Waals surface area contributed by atoms with Crippen LogP contribution in [0.5, 0.6) is 5.75 Å². The third kappa shape index (κ3) is 3.90. The first kappa shape index (κ1) is 15.3. The van der Waals surface area contributed by atoms with Crippen LogP contribution in [-0.2, 0) is 13.2 Å². The lowest BCUT2D eigenvalue weighted by atomic mass is 10.1. The maximum absolute atomic E-state index is 9.44. The predicted octanol–water partition coefficient (Wildman–Crippen LogP) is 2.75. The number of rotatable bonds is 6. The first-order chi connectivity index (χ1) is 8.49. The number of hydrogen-bond acceptors (Lipinski definition) is 4. The van der Waals surface area contributed by atoms with E-state index in [0.29, 0.717) is 5.25 Å². The number of ether oxygens (including phenoxy) is 1. The second kappa shape index (κ2) is 7.02. The van der Waals surface area contributed by atoms with E-state index < -0.39 is 0 Å². The van der Waals surface area contributed by atoms with Crippen molar-refractivity contribution >= 4 is 11.8 Å². The lowest BCUT2D eigenvalue weighted by Gasteiger charge is -2.19. The van der Waals surface area contributed by atoms with Gasteiger partial charge in [-0.05, 0) is 19.7 Å². The molecule has 0 fully saturated rings. The monoisotopic (exact) mass is 269 g/mol. The SMILES string of the molecule is COc1c(CN(C)C)ccc(CO)c1SC(C)C. The van der Waals surface area contributed by atoms with Crippen molar-refractivity contribution in [3.05, 3.63) is 23.3 Å². The molecule has 0 heterocycles. The Morgan fingerprint density at radius 1 is 1.28 bits per heavy atom. The molecule has 0 saturated heterocycles. The van der Waals surface area contributed by atoms with Crippen LogP contribution in [0.3, 0.4) is 0 Å². The predicted molar refractivity (Wildman–Crippen MR) is 77.3 cm³/mol. The van der Waals surface area contributed by atoms with Gasteiger partial charge in [0, 0.05) is 17.4 Å². The maximum Gasteiger partial charge on any atom is 0.137 e. The van der Waals surface area contributed by atoms with Gasteiger partial charge in [-0.15, -0.1) is 11.8 Å². The summed E-state index contributed by atoms with van der Waals surface area (Å²) in [5.41, 5.74) is 2.09. The zero-order valence-electron chi connectivity index (χ0n) is 11.9. The Morgan fingerprint density at radius 2 is 1.89 bits per heavy atom. The Kier molecular flexibility index (Phi) is 5.99. The molecule has 1 N–H and O–H groups in total. The average Bonchev–Trinajstić information content (AvgIpc) is 2.28. The Bertz CT molecular complexity index is 392. The molecule has 1 rings (SSSR count). The second-order valence-electron chi connectivity index (χ2n) is 4.81. The fraction of sp³-hybridized carbons (Fsp3) is 0.571. The minimum Gasteiger partial charge on any atom is -0.495 e. The van der Waals surface area contributed by atoms with Crippen LogP contribution in [0.4, 0.5) is 0 Å². The molecular formula is C14H23NO2S. The van der Waals surface area contributed by atoms with E-state index in [-0.39, 0.29) is 6.61 Å². The van der Waals surface area contributed by atoms with Gasteiger partial charge in [0.2, 0.25) is 0 Å². The van der Waals surface area contributed by atoms with Gasteiger partial charge in [-0.25, -0.2) is 0 Å². The Morgan fingerprint density at radius 3 is 2.33 bits per heavy atom. The summed E-state index contributed by atoms with van der Waals surface area (Å²) in [7, 11) is 5.77. The van der Waals surface area contributed by atoms with Crippen molar-refractivity contribution in [1.82, 2.24) is 4.90 Å². The summed E-state index contributed by atoms with van der Waals surface area (Å²) >= 11 is 1.74. The van der Waals surface area contributed by atoms with Crippen LogP contribution in [0.2, 0.25) is 0 Å². The highest BCUT2D eigenvalue weighted by Gasteiger charge is 2.16. The number of aliphatic hydroxyl groups excluding tert-OH is 1. The summed E-state index contributed by atoms with van der Waals surface area (Å²) in [5, 5.41) is 9.90. The Balaban J connectivity index is 3.23. The van der Waals surface area contributed by atoms with Crippen LogP contribution in [-0.4, -0.2) is 36.5 Å². The molecule has 3 nitrogen and oxygen atoms in total. The molecule has 18 heavy (non-hydrogen) atoms. The molecule has 4 heteroatoms. The molecule has 102 valence electrons. The molecule has 0 aromatic heterocycles. The molecular weight excluding hydrogens is 246 g/mol. The van der Waals surface area contributed by atoms with Gasteiger partial charge in [0.25, 0.3) is 0 Å². The van der Waals surface area contributed by atoms with E-state index in [9.17, 15) is 5.11 Å². The van der Waals surface area contributed by atoms with Crippen molar-refractivity contribution in [3.63, 3.8) is 0 Å².